The van der Waals surface area contributed by atoms with Crippen LogP contribution in [0.25, 0.3) is 0 Å². The van der Waals surface area contributed by atoms with E-state index in [-0.39, 0.29) is 57.0 Å². The normalized spacial score (nSPS) is 4.17. The smallest absolute Gasteiger partial charge is 0.300 e. The largest absolute Gasteiger partial charge is 0.481 e. The van der Waals surface area contributed by atoms with Crippen molar-refractivity contribution in [3.8, 4) is 0 Å². The molecule has 0 spiro atoms. The van der Waals surface area contributed by atoms with Gasteiger partial charge < -0.3 is 16.4 Å². The van der Waals surface area contributed by atoms with Crippen LogP contribution in [0.2, 0.25) is 0 Å². The van der Waals surface area contributed by atoms with Crippen LogP contribution in [0.15, 0.2) is 0 Å². The molecule has 0 aromatic heterocycles. The summed E-state index contributed by atoms with van der Waals surface area (Å²) >= 11 is 0. The maximum Gasteiger partial charge on any atom is 0.300 e. The van der Waals surface area contributed by atoms with Crippen LogP contribution in [0.1, 0.15) is 13.8 Å². The molecule has 8 heteroatoms. The van der Waals surface area contributed by atoms with Crippen LogP contribution in [-0.4, -0.2) is 22.2 Å². The molecule has 0 amide bonds. The standard InChI is InChI=1S/2C2H4O2.BrH.Co.Mn.H3N/c2*1-2(3)4;;;;/h2*1H3,(H,3,4);1H;;;1H3. The van der Waals surface area contributed by atoms with Crippen molar-refractivity contribution in [3.63, 3.8) is 0 Å². The number of carboxylic acids is 2. The molecular formula is C4H12BrCoMnNO4. The fourth-order valence-corrected chi connectivity index (χ4v) is 0. The molecule has 0 saturated carbocycles. The first-order valence-corrected chi connectivity index (χ1v) is 1.86. The Bertz CT molecular complexity index is 85.1. The van der Waals surface area contributed by atoms with E-state index in [1.165, 1.54) is 0 Å². The van der Waals surface area contributed by atoms with Crippen LogP contribution in [0, 0.1) is 0 Å². The summed E-state index contributed by atoms with van der Waals surface area (Å²) in [5.74, 6) is -1.67. The maximum atomic E-state index is 9.00. The van der Waals surface area contributed by atoms with Gasteiger partial charge in [-0.05, 0) is 0 Å². The van der Waals surface area contributed by atoms with E-state index in [2.05, 4.69) is 0 Å². The van der Waals surface area contributed by atoms with Gasteiger partial charge in [0.25, 0.3) is 11.9 Å². The molecule has 0 saturated heterocycles. The number of carbonyl (C=O) groups is 2. The Labute approximate surface area is 102 Å². The molecule has 0 aliphatic carbocycles. The SMILES string of the molecule is Br.CC(=O)O.CC(=O)O.N.[Co].[Mn]. The first kappa shape index (κ1) is 39.3. The van der Waals surface area contributed by atoms with Crippen LogP contribution < -0.4 is 6.15 Å². The summed E-state index contributed by atoms with van der Waals surface area (Å²) in [6.45, 7) is 2.17. The van der Waals surface area contributed by atoms with Crippen molar-refractivity contribution in [2.75, 3.05) is 0 Å². The molecule has 2 radical (unpaired) electrons. The Balaban J connectivity index is -0.0000000112. The van der Waals surface area contributed by atoms with Crippen LogP contribution in [0.5, 0.6) is 0 Å². The van der Waals surface area contributed by atoms with Crippen molar-refractivity contribution in [3.05, 3.63) is 0 Å². The van der Waals surface area contributed by atoms with Gasteiger partial charge in [-0.3, -0.25) is 9.59 Å². The summed E-state index contributed by atoms with van der Waals surface area (Å²) < 4.78 is 0. The van der Waals surface area contributed by atoms with E-state index in [0.29, 0.717) is 0 Å². The Morgan fingerprint density at radius 2 is 1.00 bits per heavy atom. The average Bonchev–Trinajstić information content (AvgIpc) is 1.25. The van der Waals surface area contributed by atoms with Gasteiger partial charge in [-0.2, -0.15) is 0 Å². The molecule has 80 valence electrons. The Morgan fingerprint density at radius 1 is 1.00 bits per heavy atom. The number of hydrogen-bond donors (Lipinski definition) is 3. The molecule has 0 fully saturated rings. The van der Waals surface area contributed by atoms with Crippen LogP contribution in [-0.2, 0) is 43.4 Å². The van der Waals surface area contributed by atoms with Crippen molar-refractivity contribution < 1.29 is 53.6 Å². The second-order valence-electron chi connectivity index (χ2n) is 1.04. The van der Waals surface area contributed by atoms with E-state index in [4.69, 9.17) is 19.8 Å². The number of aliphatic carboxylic acids is 2. The van der Waals surface area contributed by atoms with Crippen molar-refractivity contribution in [1.82, 2.24) is 6.15 Å². The van der Waals surface area contributed by atoms with E-state index in [0.717, 1.165) is 13.8 Å². The summed E-state index contributed by atoms with van der Waals surface area (Å²) in [4.78, 5) is 18.0. The van der Waals surface area contributed by atoms with Gasteiger partial charge in [0.1, 0.15) is 0 Å². The second-order valence-corrected chi connectivity index (χ2v) is 1.04. The van der Waals surface area contributed by atoms with Gasteiger partial charge in [-0.15, -0.1) is 17.0 Å². The molecule has 0 heterocycles. The zero-order chi connectivity index (χ0) is 7.15. The van der Waals surface area contributed by atoms with Gasteiger partial charge in [0.05, 0.1) is 0 Å². The van der Waals surface area contributed by atoms with Crippen LogP contribution >= 0.6 is 17.0 Å². The van der Waals surface area contributed by atoms with Gasteiger partial charge in [-0.25, -0.2) is 0 Å². The van der Waals surface area contributed by atoms with Crippen molar-refractivity contribution >= 4 is 28.9 Å². The Morgan fingerprint density at radius 3 is 1.00 bits per heavy atom. The fourth-order valence-electron chi connectivity index (χ4n) is 0. The fraction of sp³-hybridized carbons (Fsp3) is 0.500. The molecule has 0 unspecified atom stereocenters. The quantitative estimate of drug-likeness (QED) is 0.572. The molecule has 0 bridgehead atoms. The van der Waals surface area contributed by atoms with Gasteiger partial charge in [0.15, 0.2) is 0 Å². The van der Waals surface area contributed by atoms with E-state index in [9.17, 15) is 0 Å². The predicted molar refractivity (Wildman–Crippen MR) is 42.0 cm³/mol. The second kappa shape index (κ2) is 30.1. The molecular weight excluding hydrogens is 320 g/mol. The zero-order valence-corrected chi connectivity index (χ0v) is 10.5. The number of rotatable bonds is 0. The van der Waals surface area contributed by atoms with Gasteiger partial charge in [-0.1, -0.05) is 0 Å². The monoisotopic (exact) mass is 331 g/mol. The molecule has 0 rings (SSSR count). The van der Waals surface area contributed by atoms with Crippen molar-refractivity contribution in [1.29, 1.82) is 0 Å². The van der Waals surface area contributed by atoms with Gasteiger partial charge >= 0.3 is 0 Å². The molecule has 0 aliphatic rings. The minimum Gasteiger partial charge on any atom is -0.481 e. The molecule has 0 atom stereocenters. The third-order valence-electron chi connectivity index (χ3n) is 0. The minimum absolute atomic E-state index is 0. The van der Waals surface area contributed by atoms with E-state index < -0.39 is 11.9 Å². The number of carboxylic acid groups (broad SMARTS) is 2. The summed E-state index contributed by atoms with van der Waals surface area (Å²) in [6, 6.07) is 0. The van der Waals surface area contributed by atoms with Crippen molar-refractivity contribution in [2.24, 2.45) is 0 Å². The summed E-state index contributed by atoms with van der Waals surface area (Å²) in [7, 11) is 0. The Hall–Kier alpha value is 0.406. The van der Waals surface area contributed by atoms with E-state index in [1.807, 2.05) is 0 Å². The predicted octanol–water partition coefficient (Wildman–Crippen LogP) is 0.917. The summed E-state index contributed by atoms with van der Waals surface area (Å²) in [6.07, 6.45) is 0. The molecule has 5 N–H and O–H groups in total. The first-order valence-electron chi connectivity index (χ1n) is 1.86. The van der Waals surface area contributed by atoms with Crippen molar-refractivity contribution in [2.45, 2.75) is 13.8 Å². The third kappa shape index (κ3) is 5590. The van der Waals surface area contributed by atoms with E-state index >= 15 is 0 Å². The number of halogens is 1. The minimum atomic E-state index is -0.833. The Kier molecular flexibility index (Phi) is 98.6. The molecule has 0 aliphatic heterocycles. The van der Waals surface area contributed by atoms with Gasteiger partial charge in [0, 0.05) is 47.7 Å². The van der Waals surface area contributed by atoms with E-state index in [1.54, 1.807) is 0 Å². The van der Waals surface area contributed by atoms with Crippen LogP contribution in [0.3, 0.4) is 0 Å². The van der Waals surface area contributed by atoms with Gasteiger partial charge in [0.2, 0.25) is 0 Å². The summed E-state index contributed by atoms with van der Waals surface area (Å²) in [5, 5.41) is 14.8. The zero-order valence-electron chi connectivity index (χ0n) is 6.54. The molecule has 5 nitrogen and oxygen atoms in total. The maximum absolute atomic E-state index is 9.00. The molecule has 0 aromatic carbocycles. The molecule has 0 aromatic rings. The third-order valence-corrected chi connectivity index (χ3v) is 0. The topological polar surface area (TPSA) is 110 Å². The number of hydrogen-bond acceptors (Lipinski definition) is 3. The average molecular weight is 332 g/mol. The summed E-state index contributed by atoms with van der Waals surface area (Å²) in [5.41, 5.74) is 0. The van der Waals surface area contributed by atoms with Crippen LogP contribution in [0.4, 0.5) is 0 Å². The first-order chi connectivity index (χ1) is 3.46. The molecule has 12 heavy (non-hydrogen) atoms.